The molecule has 1 aliphatic rings. The average Bonchev–Trinajstić information content (AvgIpc) is 3.10. The van der Waals surface area contributed by atoms with Crippen LogP contribution in [0.1, 0.15) is 18.3 Å². The lowest BCUT2D eigenvalue weighted by Crippen LogP contribution is -2.45. The summed E-state index contributed by atoms with van der Waals surface area (Å²) in [4.78, 5) is 34.9. The molecule has 2 aromatic heterocycles. The molecule has 0 aliphatic carbocycles. The smallest absolute Gasteiger partial charge is 0.317 e. The van der Waals surface area contributed by atoms with E-state index in [1.807, 2.05) is 34.9 Å². The molecule has 4 rings (SSSR count). The number of benzene rings is 1. The van der Waals surface area contributed by atoms with Crippen molar-refractivity contribution < 1.29 is 0 Å². The van der Waals surface area contributed by atoms with E-state index >= 15 is 0 Å². The first kappa shape index (κ1) is 19.6. The zero-order valence-electron chi connectivity index (χ0n) is 17.3. The van der Waals surface area contributed by atoms with Crippen molar-refractivity contribution in [3.05, 3.63) is 62.6 Å². The Labute approximate surface area is 169 Å². The van der Waals surface area contributed by atoms with E-state index in [-0.39, 0.29) is 11.2 Å². The number of fused-ring (bicyclic) bond motifs is 1. The predicted octanol–water partition coefficient (Wildman–Crippen LogP) is 0.620. The Balaban J connectivity index is 1.79. The molecular weight excluding hydrogens is 368 g/mol. The van der Waals surface area contributed by atoms with Gasteiger partial charge in [0.25, 0.3) is 5.56 Å². The quantitative estimate of drug-likeness (QED) is 0.633. The number of piperazine rings is 1. The van der Waals surface area contributed by atoms with Gasteiger partial charge in [0.2, 0.25) is 0 Å². The van der Waals surface area contributed by atoms with Gasteiger partial charge >= 0.3 is 5.69 Å². The summed E-state index contributed by atoms with van der Waals surface area (Å²) in [6.45, 7) is 8.49. The van der Waals surface area contributed by atoms with Crippen LogP contribution in [0.3, 0.4) is 0 Å². The molecule has 29 heavy (non-hydrogen) atoms. The average molecular weight is 396 g/mol. The van der Waals surface area contributed by atoms with Crippen LogP contribution in [0, 0.1) is 0 Å². The van der Waals surface area contributed by atoms with Gasteiger partial charge < -0.3 is 9.47 Å². The molecule has 0 amide bonds. The van der Waals surface area contributed by atoms with Gasteiger partial charge in [-0.1, -0.05) is 37.3 Å². The molecule has 0 spiro atoms. The van der Waals surface area contributed by atoms with Gasteiger partial charge in [-0.15, -0.1) is 0 Å². The largest absolute Gasteiger partial charge is 0.332 e. The number of likely N-dealkylation sites (N-methyl/N-ethyl adjacent to an activating group) is 1. The molecular formula is C21H28N6O2. The summed E-state index contributed by atoms with van der Waals surface area (Å²) in [6.07, 6.45) is 0. The molecule has 1 saturated heterocycles. The maximum atomic E-state index is 13.0. The Morgan fingerprint density at radius 1 is 0.897 bits per heavy atom. The van der Waals surface area contributed by atoms with Gasteiger partial charge in [-0.3, -0.25) is 18.8 Å². The topological polar surface area (TPSA) is 68.3 Å². The summed E-state index contributed by atoms with van der Waals surface area (Å²) < 4.78 is 4.62. The molecule has 0 unspecified atom stereocenters. The van der Waals surface area contributed by atoms with Gasteiger partial charge in [0.15, 0.2) is 11.2 Å². The van der Waals surface area contributed by atoms with Crippen molar-refractivity contribution in [3.8, 4) is 0 Å². The molecule has 0 radical (unpaired) electrons. The molecule has 3 heterocycles. The number of nitrogens with zero attached hydrogens (tertiary/aromatic N) is 6. The predicted molar refractivity (Wildman–Crippen MR) is 113 cm³/mol. The zero-order valence-corrected chi connectivity index (χ0v) is 17.3. The Hall–Kier alpha value is -2.71. The van der Waals surface area contributed by atoms with Crippen LogP contribution in [-0.4, -0.2) is 61.2 Å². The molecule has 3 aromatic rings. The molecule has 154 valence electrons. The Bertz CT molecular complexity index is 1120. The summed E-state index contributed by atoms with van der Waals surface area (Å²) in [7, 11) is 3.20. The van der Waals surface area contributed by atoms with Crippen LogP contribution in [0.5, 0.6) is 0 Å². The van der Waals surface area contributed by atoms with Crippen molar-refractivity contribution in [3.63, 3.8) is 0 Å². The highest BCUT2D eigenvalue weighted by atomic mass is 16.2. The van der Waals surface area contributed by atoms with Gasteiger partial charge in [0.05, 0.1) is 6.54 Å². The minimum atomic E-state index is -0.352. The molecule has 0 saturated carbocycles. The second-order valence-electron chi connectivity index (χ2n) is 7.69. The number of hydrogen-bond donors (Lipinski definition) is 0. The first-order chi connectivity index (χ1) is 14.0. The van der Waals surface area contributed by atoms with E-state index < -0.39 is 0 Å². The fourth-order valence-electron chi connectivity index (χ4n) is 4.01. The summed E-state index contributed by atoms with van der Waals surface area (Å²) in [5.41, 5.74) is 1.39. The molecule has 0 atom stereocenters. The highest BCUT2D eigenvalue weighted by Gasteiger charge is 2.22. The van der Waals surface area contributed by atoms with E-state index in [1.165, 1.54) is 11.6 Å². The summed E-state index contributed by atoms with van der Waals surface area (Å²) in [5, 5.41) is 0. The minimum absolute atomic E-state index is 0.298. The van der Waals surface area contributed by atoms with Crippen LogP contribution in [0.4, 0.5) is 0 Å². The number of aryl methyl sites for hydroxylation is 1. The molecule has 8 nitrogen and oxygen atoms in total. The lowest BCUT2D eigenvalue weighted by molar-refractivity contribution is 0.129. The molecule has 0 N–H and O–H groups in total. The van der Waals surface area contributed by atoms with Crippen molar-refractivity contribution in [1.82, 2.24) is 28.5 Å². The third kappa shape index (κ3) is 3.65. The fraction of sp³-hybridized carbons (Fsp3) is 0.476. The lowest BCUT2D eigenvalue weighted by atomic mass is 10.2. The molecule has 1 aromatic carbocycles. The number of rotatable bonds is 5. The second-order valence-corrected chi connectivity index (χ2v) is 7.69. The van der Waals surface area contributed by atoms with Gasteiger partial charge in [0, 0.05) is 46.8 Å². The van der Waals surface area contributed by atoms with Crippen LogP contribution >= 0.6 is 0 Å². The number of hydrogen-bond acceptors (Lipinski definition) is 5. The van der Waals surface area contributed by atoms with E-state index in [0.29, 0.717) is 24.3 Å². The zero-order chi connectivity index (χ0) is 20.5. The monoisotopic (exact) mass is 396 g/mol. The first-order valence-electron chi connectivity index (χ1n) is 10.1. The SMILES string of the molecule is CCN1CCN(Cc2nc3c(c(=O)n(C)c(=O)n3C)n2Cc2ccccc2)CC1. The van der Waals surface area contributed by atoms with Crippen molar-refractivity contribution in [2.24, 2.45) is 14.1 Å². The highest BCUT2D eigenvalue weighted by Crippen LogP contribution is 2.16. The maximum absolute atomic E-state index is 13.0. The Morgan fingerprint density at radius 2 is 1.55 bits per heavy atom. The number of imidazole rings is 1. The molecule has 0 bridgehead atoms. The Kier molecular flexibility index (Phi) is 5.38. The molecule has 1 fully saturated rings. The summed E-state index contributed by atoms with van der Waals surface area (Å²) >= 11 is 0. The lowest BCUT2D eigenvalue weighted by Gasteiger charge is -2.33. The van der Waals surface area contributed by atoms with Crippen LogP contribution in [0.15, 0.2) is 39.9 Å². The highest BCUT2D eigenvalue weighted by molar-refractivity contribution is 5.71. The standard InChI is InChI=1S/C21H28N6O2/c1-4-25-10-12-26(13-11-25)15-17-22-19-18(20(28)24(3)21(29)23(19)2)27(17)14-16-8-6-5-7-9-16/h5-9H,4,10-15H2,1-3H3. The second kappa shape index (κ2) is 7.96. The molecule has 8 heteroatoms. The van der Waals surface area contributed by atoms with Gasteiger partial charge in [-0.2, -0.15) is 0 Å². The van der Waals surface area contributed by atoms with Gasteiger partial charge in [-0.25, -0.2) is 9.78 Å². The van der Waals surface area contributed by atoms with Crippen LogP contribution in [0.2, 0.25) is 0 Å². The van der Waals surface area contributed by atoms with Gasteiger partial charge in [0.1, 0.15) is 5.82 Å². The van der Waals surface area contributed by atoms with Crippen LogP contribution < -0.4 is 11.2 Å². The number of aromatic nitrogens is 4. The third-order valence-corrected chi connectivity index (χ3v) is 5.89. The summed E-state index contributed by atoms with van der Waals surface area (Å²) in [6, 6.07) is 10.1. The maximum Gasteiger partial charge on any atom is 0.332 e. The van der Waals surface area contributed by atoms with Crippen molar-refractivity contribution >= 4 is 11.2 Å². The van der Waals surface area contributed by atoms with Crippen molar-refractivity contribution in [2.75, 3.05) is 32.7 Å². The van der Waals surface area contributed by atoms with E-state index in [2.05, 4.69) is 16.7 Å². The van der Waals surface area contributed by atoms with E-state index in [1.54, 1.807) is 7.05 Å². The van der Waals surface area contributed by atoms with Crippen LogP contribution in [0.25, 0.3) is 11.2 Å². The first-order valence-corrected chi connectivity index (χ1v) is 10.1. The Morgan fingerprint density at radius 3 is 2.21 bits per heavy atom. The minimum Gasteiger partial charge on any atom is -0.317 e. The van der Waals surface area contributed by atoms with E-state index in [4.69, 9.17) is 4.98 Å². The van der Waals surface area contributed by atoms with E-state index in [9.17, 15) is 9.59 Å². The van der Waals surface area contributed by atoms with Crippen molar-refractivity contribution in [1.29, 1.82) is 0 Å². The molecule has 1 aliphatic heterocycles. The van der Waals surface area contributed by atoms with E-state index in [0.717, 1.165) is 48.7 Å². The third-order valence-electron chi connectivity index (χ3n) is 5.89. The van der Waals surface area contributed by atoms with Crippen molar-refractivity contribution in [2.45, 2.75) is 20.0 Å². The van der Waals surface area contributed by atoms with Crippen LogP contribution in [-0.2, 0) is 27.2 Å². The summed E-state index contributed by atoms with van der Waals surface area (Å²) in [5.74, 6) is 0.826. The van der Waals surface area contributed by atoms with Gasteiger partial charge in [-0.05, 0) is 12.1 Å². The normalized spacial score (nSPS) is 16.0. The fourth-order valence-corrected chi connectivity index (χ4v) is 4.01.